The number of nitriles is 1. The van der Waals surface area contributed by atoms with E-state index in [9.17, 15) is 18.4 Å². The molecule has 1 aliphatic carbocycles. The Labute approximate surface area is 173 Å². The molecule has 1 aliphatic heterocycles. The van der Waals surface area contributed by atoms with E-state index in [0.29, 0.717) is 16.5 Å². The summed E-state index contributed by atoms with van der Waals surface area (Å²) in [4.78, 5) is 2.22. The zero-order chi connectivity index (χ0) is 21.5. The van der Waals surface area contributed by atoms with E-state index >= 15 is 0 Å². The van der Waals surface area contributed by atoms with Gasteiger partial charge in [-0.3, -0.25) is 0 Å². The van der Waals surface area contributed by atoms with Crippen LogP contribution in [0.5, 0.6) is 5.75 Å². The molecule has 0 spiro atoms. The standard InChI is InChI=1S/C23H24F3N3O/c1-15(2)28-12-6-5-9-20(28)22-19(14-27)18-11-10-17(30-23(24,25)26)13-21(18)29(22)16-7-3-4-8-16/h5-6,9-11,13,15-16H,3-4,7-8,12H2,1-2H3. The lowest BCUT2D eigenvalue weighted by atomic mass is 10.1. The third-order valence-corrected chi connectivity index (χ3v) is 5.88. The number of halogens is 3. The summed E-state index contributed by atoms with van der Waals surface area (Å²) >= 11 is 0. The smallest absolute Gasteiger partial charge is 0.406 e. The Hall–Kier alpha value is -2.88. The Kier molecular flexibility index (Phi) is 5.27. The van der Waals surface area contributed by atoms with E-state index in [-0.39, 0.29) is 17.8 Å². The van der Waals surface area contributed by atoms with E-state index in [1.165, 1.54) is 12.1 Å². The molecule has 1 fully saturated rings. The molecule has 0 N–H and O–H groups in total. The van der Waals surface area contributed by atoms with Crippen molar-refractivity contribution in [2.45, 2.75) is 58.0 Å². The first-order valence-corrected chi connectivity index (χ1v) is 10.3. The minimum absolute atomic E-state index is 0.145. The van der Waals surface area contributed by atoms with Gasteiger partial charge in [-0.1, -0.05) is 25.0 Å². The predicted octanol–water partition coefficient (Wildman–Crippen LogP) is 6.15. The van der Waals surface area contributed by atoms with Gasteiger partial charge in [0.15, 0.2) is 0 Å². The average Bonchev–Trinajstić information content (AvgIpc) is 3.31. The van der Waals surface area contributed by atoms with Crippen molar-refractivity contribution in [2.24, 2.45) is 0 Å². The van der Waals surface area contributed by atoms with Crippen LogP contribution in [0.15, 0.2) is 36.4 Å². The van der Waals surface area contributed by atoms with Gasteiger partial charge < -0.3 is 14.2 Å². The summed E-state index contributed by atoms with van der Waals surface area (Å²) in [6.45, 7) is 4.91. The van der Waals surface area contributed by atoms with Crippen molar-refractivity contribution in [1.29, 1.82) is 5.26 Å². The van der Waals surface area contributed by atoms with Crippen molar-refractivity contribution >= 4 is 16.6 Å². The van der Waals surface area contributed by atoms with Gasteiger partial charge >= 0.3 is 6.36 Å². The van der Waals surface area contributed by atoms with Crippen LogP contribution >= 0.6 is 0 Å². The fourth-order valence-corrected chi connectivity index (χ4v) is 4.63. The van der Waals surface area contributed by atoms with Crippen LogP contribution in [-0.4, -0.2) is 28.4 Å². The monoisotopic (exact) mass is 415 g/mol. The largest absolute Gasteiger partial charge is 0.573 e. The zero-order valence-corrected chi connectivity index (χ0v) is 17.0. The van der Waals surface area contributed by atoms with E-state index in [0.717, 1.165) is 43.6 Å². The fraction of sp³-hybridized carbons (Fsp3) is 0.435. The Balaban J connectivity index is 1.98. The van der Waals surface area contributed by atoms with Crippen LogP contribution in [0.1, 0.15) is 56.8 Å². The molecule has 0 unspecified atom stereocenters. The minimum Gasteiger partial charge on any atom is -0.406 e. The second-order valence-electron chi connectivity index (χ2n) is 8.10. The van der Waals surface area contributed by atoms with Crippen molar-refractivity contribution in [2.75, 3.05) is 6.54 Å². The molecule has 2 aromatic rings. The summed E-state index contributed by atoms with van der Waals surface area (Å²) in [6.07, 6.45) is 5.29. The van der Waals surface area contributed by atoms with Gasteiger partial charge in [-0.15, -0.1) is 13.2 Å². The van der Waals surface area contributed by atoms with Gasteiger partial charge in [0.25, 0.3) is 0 Å². The highest BCUT2D eigenvalue weighted by atomic mass is 19.4. The van der Waals surface area contributed by atoms with Gasteiger partial charge in [0.2, 0.25) is 0 Å². The molecule has 4 rings (SSSR count). The SMILES string of the molecule is CC(C)N1CC=CC=C1c1c(C#N)c2ccc(OC(F)(F)F)cc2n1C1CCCC1. The summed E-state index contributed by atoms with van der Waals surface area (Å²) in [6, 6.07) is 6.97. The first-order chi connectivity index (χ1) is 14.3. The molecule has 158 valence electrons. The quantitative estimate of drug-likeness (QED) is 0.602. The molecule has 0 saturated heterocycles. The van der Waals surface area contributed by atoms with E-state index in [4.69, 9.17) is 0 Å². The van der Waals surface area contributed by atoms with Crippen LogP contribution in [-0.2, 0) is 0 Å². The first kappa shape index (κ1) is 20.4. The molecule has 1 saturated carbocycles. The number of fused-ring (bicyclic) bond motifs is 1. The molecule has 2 heterocycles. The number of hydrogen-bond donors (Lipinski definition) is 0. The molecular weight excluding hydrogens is 391 g/mol. The normalized spacial score (nSPS) is 17.6. The van der Waals surface area contributed by atoms with Crippen LogP contribution in [0.2, 0.25) is 0 Å². The number of hydrogen-bond acceptors (Lipinski definition) is 3. The Morgan fingerprint density at radius 1 is 1.20 bits per heavy atom. The van der Waals surface area contributed by atoms with E-state index in [1.807, 2.05) is 12.2 Å². The van der Waals surface area contributed by atoms with Crippen molar-refractivity contribution < 1.29 is 17.9 Å². The van der Waals surface area contributed by atoms with Gasteiger partial charge in [-0.25, -0.2) is 0 Å². The zero-order valence-electron chi connectivity index (χ0n) is 17.0. The van der Waals surface area contributed by atoms with E-state index in [1.54, 1.807) is 6.07 Å². The predicted molar refractivity (Wildman–Crippen MR) is 110 cm³/mol. The van der Waals surface area contributed by atoms with Gasteiger partial charge in [0, 0.05) is 30.1 Å². The number of nitrogens with zero attached hydrogens (tertiary/aromatic N) is 3. The van der Waals surface area contributed by atoms with E-state index < -0.39 is 6.36 Å². The summed E-state index contributed by atoms with van der Waals surface area (Å²) in [5.74, 6) is -0.263. The molecule has 1 aromatic heterocycles. The maximum atomic E-state index is 12.8. The van der Waals surface area contributed by atoms with Crippen molar-refractivity contribution in [3.05, 3.63) is 47.7 Å². The Bertz CT molecular complexity index is 1050. The van der Waals surface area contributed by atoms with Crippen molar-refractivity contribution in [3.8, 4) is 11.8 Å². The van der Waals surface area contributed by atoms with Gasteiger partial charge in [0.1, 0.15) is 11.8 Å². The summed E-state index contributed by atoms with van der Waals surface area (Å²) in [7, 11) is 0. The summed E-state index contributed by atoms with van der Waals surface area (Å²) in [5.41, 5.74) is 2.85. The maximum Gasteiger partial charge on any atom is 0.573 e. The number of rotatable bonds is 4. The van der Waals surface area contributed by atoms with Crippen molar-refractivity contribution in [1.82, 2.24) is 9.47 Å². The average molecular weight is 415 g/mol. The van der Waals surface area contributed by atoms with Crippen molar-refractivity contribution in [3.63, 3.8) is 0 Å². The molecule has 30 heavy (non-hydrogen) atoms. The number of allylic oxidation sites excluding steroid dienone is 2. The van der Waals surface area contributed by atoms with Gasteiger partial charge in [0.05, 0.1) is 22.5 Å². The second-order valence-corrected chi connectivity index (χ2v) is 8.10. The van der Waals surface area contributed by atoms with Crippen LogP contribution in [0, 0.1) is 11.3 Å². The molecule has 0 atom stereocenters. The highest BCUT2D eigenvalue weighted by molar-refractivity contribution is 5.94. The summed E-state index contributed by atoms with van der Waals surface area (Å²) < 4.78 is 44.7. The third kappa shape index (κ3) is 3.67. The highest BCUT2D eigenvalue weighted by Gasteiger charge is 2.33. The lowest BCUT2D eigenvalue weighted by Crippen LogP contribution is -2.32. The first-order valence-electron chi connectivity index (χ1n) is 10.3. The number of ether oxygens (including phenoxy) is 1. The topological polar surface area (TPSA) is 41.2 Å². The van der Waals surface area contributed by atoms with Crippen LogP contribution in [0.25, 0.3) is 16.6 Å². The molecule has 0 bridgehead atoms. The molecule has 1 aromatic carbocycles. The van der Waals surface area contributed by atoms with Crippen LogP contribution in [0.3, 0.4) is 0 Å². The molecule has 0 radical (unpaired) electrons. The van der Waals surface area contributed by atoms with Gasteiger partial charge in [-0.05, 0) is 44.9 Å². The minimum atomic E-state index is -4.76. The fourth-order valence-electron chi connectivity index (χ4n) is 4.63. The third-order valence-electron chi connectivity index (χ3n) is 5.88. The summed E-state index contributed by atoms with van der Waals surface area (Å²) in [5, 5.41) is 10.7. The molecule has 7 heteroatoms. The highest BCUT2D eigenvalue weighted by Crippen LogP contribution is 2.42. The number of aromatic nitrogens is 1. The number of benzene rings is 1. The molecule has 4 nitrogen and oxygen atoms in total. The van der Waals surface area contributed by atoms with E-state index in [2.05, 4.69) is 40.2 Å². The Morgan fingerprint density at radius 2 is 1.93 bits per heavy atom. The van der Waals surface area contributed by atoms with Crippen LogP contribution in [0.4, 0.5) is 13.2 Å². The Morgan fingerprint density at radius 3 is 2.57 bits per heavy atom. The maximum absolute atomic E-state index is 12.8. The number of alkyl halides is 3. The molecular formula is C23H24F3N3O. The second kappa shape index (κ2) is 7.75. The lowest BCUT2D eigenvalue weighted by Gasteiger charge is -2.33. The molecule has 0 amide bonds. The lowest BCUT2D eigenvalue weighted by molar-refractivity contribution is -0.274. The van der Waals surface area contributed by atoms with Gasteiger partial charge in [-0.2, -0.15) is 5.26 Å². The molecule has 2 aliphatic rings. The van der Waals surface area contributed by atoms with Crippen LogP contribution < -0.4 is 4.74 Å².